The molecule has 6 nitrogen and oxygen atoms in total. The Morgan fingerprint density at radius 1 is 1.06 bits per heavy atom. The standard InChI is InChI=1S/C25H24FN3O3/c1-15-10-12-27-19(13-15)21-17-7-6-11-28-23(17)29(24(30)32-25(2,3)4)22(21)18-14-16(26)8-9-20(18)31-5/h6-14H,1-5H3. The van der Waals surface area contributed by atoms with Gasteiger partial charge in [0.1, 0.15) is 17.2 Å². The number of methoxy groups -OCH3 is 1. The largest absolute Gasteiger partial charge is 0.496 e. The van der Waals surface area contributed by atoms with Crippen molar-refractivity contribution in [3.63, 3.8) is 0 Å². The molecule has 0 radical (unpaired) electrons. The van der Waals surface area contributed by atoms with Gasteiger partial charge in [0, 0.05) is 28.9 Å². The molecule has 3 aromatic heterocycles. The van der Waals surface area contributed by atoms with Gasteiger partial charge in [0.25, 0.3) is 0 Å². The second kappa shape index (κ2) is 8.07. The molecule has 0 fully saturated rings. The lowest BCUT2D eigenvalue weighted by atomic mass is 10.0. The van der Waals surface area contributed by atoms with Gasteiger partial charge in [-0.15, -0.1) is 0 Å². The second-order valence-corrected chi connectivity index (χ2v) is 8.48. The van der Waals surface area contributed by atoms with Crippen LogP contribution in [-0.4, -0.2) is 33.3 Å². The fourth-order valence-corrected chi connectivity index (χ4v) is 3.65. The van der Waals surface area contributed by atoms with Crippen molar-refractivity contribution in [2.75, 3.05) is 7.11 Å². The highest BCUT2D eigenvalue weighted by atomic mass is 19.1. The summed E-state index contributed by atoms with van der Waals surface area (Å²) in [5.74, 6) is -0.0502. The van der Waals surface area contributed by atoms with Crippen molar-refractivity contribution in [2.24, 2.45) is 0 Å². The molecule has 0 atom stereocenters. The Balaban J connectivity index is 2.17. The average Bonchev–Trinajstić information content (AvgIpc) is 3.07. The molecule has 0 aliphatic carbocycles. The highest BCUT2D eigenvalue weighted by molar-refractivity contribution is 6.07. The number of pyridine rings is 2. The summed E-state index contributed by atoms with van der Waals surface area (Å²) in [7, 11) is 1.50. The van der Waals surface area contributed by atoms with Crippen LogP contribution in [0, 0.1) is 12.7 Å². The van der Waals surface area contributed by atoms with Gasteiger partial charge >= 0.3 is 6.09 Å². The van der Waals surface area contributed by atoms with Crippen LogP contribution in [0.15, 0.2) is 54.9 Å². The highest BCUT2D eigenvalue weighted by Gasteiger charge is 2.30. The van der Waals surface area contributed by atoms with Crippen LogP contribution in [0.3, 0.4) is 0 Å². The minimum atomic E-state index is -0.743. The second-order valence-electron chi connectivity index (χ2n) is 8.48. The number of hydrogen-bond donors (Lipinski definition) is 0. The number of hydrogen-bond acceptors (Lipinski definition) is 5. The number of aromatic nitrogens is 3. The van der Waals surface area contributed by atoms with E-state index in [4.69, 9.17) is 9.47 Å². The van der Waals surface area contributed by atoms with E-state index in [9.17, 15) is 9.18 Å². The van der Waals surface area contributed by atoms with Crippen LogP contribution in [0.5, 0.6) is 5.75 Å². The zero-order chi connectivity index (χ0) is 23.0. The van der Waals surface area contributed by atoms with E-state index >= 15 is 0 Å². The molecule has 0 unspecified atom stereocenters. The number of carbonyl (C=O) groups excluding carboxylic acids is 1. The van der Waals surface area contributed by atoms with Crippen LogP contribution in [0.25, 0.3) is 33.5 Å². The van der Waals surface area contributed by atoms with Gasteiger partial charge in [-0.05, 0) is 75.7 Å². The number of aryl methyl sites for hydroxylation is 1. The Labute approximate surface area is 185 Å². The van der Waals surface area contributed by atoms with E-state index in [-0.39, 0.29) is 0 Å². The average molecular weight is 433 g/mol. The monoisotopic (exact) mass is 433 g/mol. The molecule has 7 heteroatoms. The van der Waals surface area contributed by atoms with Crippen molar-refractivity contribution in [3.05, 3.63) is 66.2 Å². The van der Waals surface area contributed by atoms with Crippen molar-refractivity contribution < 1.29 is 18.7 Å². The molecule has 0 saturated carbocycles. The van der Waals surface area contributed by atoms with Crippen LogP contribution in [0.1, 0.15) is 26.3 Å². The summed E-state index contributed by atoms with van der Waals surface area (Å²) in [5.41, 5.74) is 2.72. The number of rotatable bonds is 3. The van der Waals surface area contributed by atoms with E-state index in [1.165, 1.54) is 29.9 Å². The van der Waals surface area contributed by atoms with E-state index in [1.807, 2.05) is 25.1 Å². The van der Waals surface area contributed by atoms with Crippen LogP contribution >= 0.6 is 0 Å². The number of ether oxygens (including phenoxy) is 2. The number of benzene rings is 1. The first-order valence-corrected chi connectivity index (χ1v) is 10.2. The fraction of sp³-hybridized carbons (Fsp3) is 0.240. The van der Waals surface area contributed by atoms with Gasteiger partial charge in [0.15, 0.2) is 5.65 Å². The predicted octanol–water partition coefficient (Wildman–Crippen LogP) is 6.00. The van der Waals surface area contributed by atoms with Gasteiger partial charge in [-0.2, -0.15) is 0 Å². The third-order valence-corrected chi connectivity index (χ3v) is 4.89. The zero-order valence-corrected chi connectivity index (χ0v) is 18.6. The molecule has 164 valence electrons. The summed E-state index contributed by atoms with van der Waals surface area (Å²) in [5, 5.41) is 0.692. The van der Waals surface area contributed by atoms with Crippen molar-refractivity contribution in [1.82, 2.24) is 14.5 Å². The minimum Gasteiger partial charge on any atom is -0.496 e. The summed E-state index contributed by atoms with van der Waals surface area (Å²) in [6, 6.07) is 11.6. The molecule has 32 heavy (non-hydrogen) atoms. The van der Waals surface area contributed by atoms with Gasteiger partial charge in [0.05, 0.1) is 18.5 Å². The van der Waals surface area contributed by atoms with Gasteiger partial charge in [0.2, 0.25) is 0 Å². The lowest BCUT2D eigenvalue weighted by molar-refractivity contribution is 0.0546. The lowest BCUT2D eigenvalue weighted by Gasteiger charge is -2.21. The quantitative estimate of drug-likeness (QED) is 0.396. The van der Waals surface area contributed by atoms with E-state index < -0.39 is 17.5 Å². The molecular formula is C25H24FN3O3. The number of halogens is 1. The summed E-state index contributed by atoms with van der Waals surface area (Å²) < 4.78 is 27.0. The Kier molecular flexibility index (Phi) is 5.42. The molecule has 0 spiro atoms. The number of carbonyl (C=O) groups is 1. The SMILES string of the molecule is COc1ccc(F)cc1-c1c(-c2cc(C)ccn2)c2cccnc2n1C(=O)OC(C)(C)C. The fourth-order valence-electron chi connectivity index (χ4n) is 3.65. The normalized spacial score (nSPS) is 11.6. The number of nitrogens with zero attached hydrogens (tertiary/aromatic N) is 3. The highest BCUT2D eigenvalue weighted by Crippen LogP contribution is 2.43. The van der Waals surface area contributed by atoms with Crippen LogP contribution in [-0.2, 0) is 4.74 Å². The van der Waals surface area contributed by atoms with Crippen LogP contribution < -0.4 is 4.74 Å². The Bertz CT molecular complexity index is 1320. The molecule has 0 bridgehead atoms. The molecule has 0 amide bonds. The van der Waals surface area contributed by atoms with Gasteiger partial charge < -0.3 is 9.47 Å². The Morgan fingerprint density at radius 2 is 1.84 bits per heavy atom. The van der Waals surface area contributed by atoms with Crippen LogP contribution in [0.2, 0.25) is 0 Å². The van der Waals surface area contributed by atoms with Crippen molar-refractivity contribution >= 4 is 17.1 Å². The van der Waals surface area contributed by atoms with Gasteiger partial charge in [-0.3, -0.25) is 4.98 Å². The minimum absolute atomic E-state index is 0.390. The lowest BCUT2D eigenvalue weighted by Crippen LogP contribution is -2.27. The maximum absolute atomic E-state index is 14.4. The third kappa shape index (κ3) is 3.93. The van der Waals surface area contributed by atoms with E-state index in [2.05, 4.69) is 9.97 Å². The molecular weight excluding hydrogens is 409 g/mol. The van der Waals surface area contributed by atoms with E-state index in [0.29, 0.717) is 39.3 Å². The topological polar surface area (TPSA) is 66.2 Å². The Hall–Kier alpha value is -3.74. The maximum Gasteiger partial charge on any atom is 0.420 e. The van der Waals surface area contributed by atoms with Crippen molar-refractivity contribution in [3.8, 4) is 28.3 Å². The third-order valence-electron chi connectivity index (χ3n) is 4.89. The maximum atomic E-state index is 14.4. The summed E-state index contributed by atoms with van der Waals surface area (Å²) in [4.78, 5) is 22.4. The molecule has 4 aromatic rings. The van der Waals surface area contributed by atoms with Crippen LogP contribution in [0.4, 0.5) is 9.18 Å². The Morgan fingerprint density at radius 3 is 2.53 bits per heavy atom. The molecule has 1 aromatic carbocycles. The van der Waals surface area contributed by atoms with E-state index in [1.54, 1.807) is 39.2 Å². The molecule has 0 aliphatic rings. The van der Waals surface area contributed by atoms with Crippen molar-refractivity contribution in [2.45, 2.75) is 33.3 Å². The predicted molar refractivity (Wildman–Crippen MR) is 121 cm³/mol. The first-order chi connectivity index (χ1) is 15.2. The summed E-state index contributed by atoms with van der Waals surface area (Å²) in [6.07, 6.45) is 2.68. The van der Waals surface area contributed by atoms with E-state index in [0.717, 1.165) is 5.56 Å². The summed E-state index contributed by atoms with van der Waals surface area (Å²) >= 11 is 0. The smallest absolute Gasteiger partial charge is 0.420 e. The molecule has 3 heterocycles. The molecule has 0 aliphatic heterocycles. The number of fused-ring (bicyclic) bond motifs is 1. The first kappa shape index (κ1) is 21.5. The molecule has 0 N–H and O–H groups in total. The molecule has 0 saturated heterocycles. The van der Waals surface area contributed by atoms with Gasteiger partial charge in [-0.25, -0.2) is 18.7 Å². The van der Waals surface area contributed by atoms with Crippen molar-refractivity contribution in [1.29, 1.82) is 0 Å². The summed E-state index contributed by atoms with van der Waals surface area (Å²) in [6.45, 7) is 7.32. The first-order valence-electron chi connectivity index (χ1n) is 10.2. The van der Waals surface area contributed by atoms with Gasteiger partial charge in [-0.1, -0.05) is 0 Å². The zero-order valence-electron chi connectivity index (χ0n) is 18.6. The molecule has 4 rings (SSSR count).